The Labute approximate surface area is 195 Å². The van der Waals surface area contributed by atoms with Crippen LogP contribution in [0.2, 0.25) is 0 Å². The minimum absolute atomic E-state index is 0.195. The molecule has 0 unspecified atom stereocenters. The number of nitrogens with zero attached hydrogens (tertiary/aromatic N) is 4. The molecule has 0 spiro atoms. The molecule has 7 nitrogen and oxygen atoms in total. The molecule has 0 saturated heterocycles. The van der Waals surface area contributed by atoms with Crippen LogP contribution in [0.15, 0.2) is 84.0 Å². The number of ether oxygens (including phenoxy) is 1. The summed E-state index contributed by atoms with van der Waals surface area (Å²) >= 11 is 0. The lowest BCUT2D eigenvalue weighted by Gasteiger charge is -2.27. The fourth-order valence-corrected chi connectivity index (χ4v) is 3.33. The van der Waals surface area contributed by atoms with Crippen LogP contribution >= 0.6 is 0 Å². The smallest absolute Gasteiger partial charge is 0.376 e. The fourth-order valence-electron chi connectivity index (χ4n) is 3.33. The first-order valence-corrected chi connectivity index (χ1v) is 10.8. The van der Waals surface area contributed by atoms with Crippen molar-refractivity contribution in [3.63, 3.8) is 0 Å². The molecule has 1 N–H and O–H groups in total. The second kappa shape index (κ2) is 11.0. The van der Waals surface area contributed by atoms with E-state index in [1.807, 2.05) is 112 Å². The van der Waals surface area contributed by atoms with Crippen molar-refractivity contribution in [3.05, 3.63) is 78.9 Å². The van der Waals surface area contributed by atoms with Crippen LogP contribution in [0.4, 0.5) is 28.4 Å². The third kappa shape index (κ3) is 6.04. The fraction of sp³-hybridized carbons (Fsp3) is 0.231. The van der Waals surface area contributed by atoms with Gasteiger partial charge in [-0.1, -0.05) is 30.3 Å². The summed E-state index contributed by atoms with van der Waals surface area (Å²) in [6.07, 6.45) is 0. The van der Waals surface area contributed by atoms with E-state index in [2.05, 4.69) is 10.4 Å². The molecule has 0 aliphatic rings. The number of anilines is 5. The van der Waals surface area contributed by atoms with E-state index in [1.165, 1.54) is 0 Å². The Morgan fingerprint density at radius 1 is 0.818 bits per heavy atom. The molecule has 7 heteroatoms. The van der Waals surface area contributed by atoms with Crippen LogP contribution in [0.1, 0.15) is 6.92 Å². The molecule has 0 fully saturated rings. The zero-order chi connectivity index (χ0) is 23.8. The molecule has 0 heterocycles. The Bertz CT molecular complexity index is 1080. The molecule has 0 bridgehead atoms. The highest BCUT2D eigenvalue weighted by atomic mass is 16.5. The van der Waals surface area contributed by atoms with E-state index in [9.17, 15) is 4.79 Å². The van der Waals surface area contributed by atoms with E-state index >= 15 is 0 Å². The van der Waals surface area contributed by atoms with E-state index < -0.39 is 5.97 Å². The Balaban J connectivity index is 1.87. The molecule has 3 aromatic carbocycles. The summed E-state index contributed by atoms with van der Waals surface area (Å²) in [5, 5.41) is 9.65. The number of hydrogen-bond donors (Lipinski definition) is 1. The van der Waals surface area contributed by atoms with Gasteiger partial charge in [0.1, 0.15) is 0 Å². The van der Waals surface area contributed by atoms with Crippen LogP contribution in [0.5, 0.6) is 0 Å². The molecule has 3 rings (SSSR count). The number of hydrogen-bond acceptors (Lipinski definition) is 6. The standard InChI is InChI=1S/C26H31N5O2/c1-6-33-26(32)25(30(4)24-15-11-10-14-23(24)29(2)3)28-31(5)22-18-16-21(17-19-22)27-20-12-8-7-9-13-20/h7-19,27H,6H2,1-5H3/b28-25+. The topological polar surface area (TPSA) is 60.4 Å². The second-order valence-corrected chi connectivity index (χ2v) is 7.65. The first-order chi connectivity index (χ1) is 15.9. The van der Waals surface area contributed by atoms with Crippen molar-refractivity contribution in [2.75, 3.05) is 54.9 Å². The number of hydrazone groups is 1. The van der Waals surface area contributed by atoms with Crippen LogP contribution in [-0.2, 0) is 9.53 Å². The van der Waals surface area contributed by atoms with Crippen molar-refractivity contribution in [1.82, 2.24) is 0 Å². The maximum atomic E-state index is 12.8. The van der Waals surface area contributed by atoms with E-state index in [-0.39, 0.29) is 12.4 Å². The van der Waals surface area contributed by atoms with E-state index in [0.29, 0.717) is 0 Å². The van der Waals surface area contributed by atoms with Gasteiger partial charge in [-0.25, -0.2) is 4.79 Å². The Morgan fingerprint density at radius 2 is 1.39 bits per heavy atom. The van der Waals surface area contributed by atoms with Gasteiger partial charge >= 0.3 is 5.97 Å². The summed E-state index contributed by atoms with van der Waals surface area (Å²) in [7, 11) is 7.55. The monoisotopic (exact) mass is 445 g/mol. The SMILES string of the molecule is CCOC(=O)/C(=N\N(C)c1ccc(Nc2ccccc2)cc1)N(C)c1ccccc1N(C)C. The Kier molecular flexibility index (Phi) is 7.91. The zero-order valence-corrected chi connectivity index (χ0v) is 19.8. The Hall–Kier alpha value is -4.00. The van der Waals surface area contributed by atoms with Crippen molar-refractivity contribution in [2.24, 2.45) is 5.10 Å². The van der Waals surface area contributed by atoms with Crippen molar-refractivity contribution in [3.8, 4) is 0 Å². The maximum Gasteiger partial charge on any atom is 0.376 e. The van der Waals surface area contributed by atoms with Gasteiger partial charge in [-0.15, -0.1) is 5.10 Å². The summed E-state index contributed by atoms with van der Waals surface area (Å²) in [6, 6.07) is 25.7. The number of benzene rings is 3. The van der Waals surface area contributed by atoms with Crippen molar-refractivity contribution in [1.29, 1.82) is 0 Å². The largest absolute Gasteiger partial charge is 0.460 e. The minimum atomic E-state index is -0.484. The predicted octanol–water partition coefficient (Wildman–Crippen LogP) is 4.95. The first-order valence-electron chi connectivity index (χ1n) is 10.8. The molecule has 172 valence electrons. The van der Waals surface area contributed by atoms with E-state index in [1.54, 1.807) is 16.8 Å². The molecule has 0 saturated carbocycles. The molecular weight excluding hydrogens is 414 g/mol. The molecule has 0 aromatic heterocycles. The average molecular weight is 446 g/mol. The molecule has 33 heavy (non-hydrogen) atoms. The first kappa shape index (κ1) is 23.7. The quantitative estimate of drug-likeness (QED) is 0.240. The number of para-hydroxylation sites is 3. The van der Waals surface area contributed by atoms with Crippen molar-refractivity contribution in [2.45, 2.75) is 6.92 Å². The highest BCUT2D eigenvalue weighted by Crippen LogP contribution is 2.28. The van der Waals surface area contributed by atoms with Gasteiger partial charge in [0.25, 0.3) is 0 Å². The van der Waals surface area contributed by atoms with Gasteiger partial charge in [0.05, 0.1) is 23.7 Å². The number of esters is 1. The van der Waals surface area contributed by atoms with Gasteiger partial charge in [0, 0.05) is 39.6 Å². The Morgan fingerprint density at radius 3 is 2.00 bits per heavy atom. The molecule has 0 atom stereocenters. The van der Waals surface area contributed by atoms with Crippen molar-refractivity contribution >= 4 is 40.2 Å². The highest BCUT2D eigenvalue weighted by molar-refractivity contribution is 6.41. The number of likely N-dealkylation sites (N-methyl/N-ethyl adjacent to an activating group) is 1. The number of amidine groups is 1. The summed E-state index contributed by atoms with van der Waals surface area (Å²) in [6.45, 7) is 2.05. The minimum Gasteiger partial charge on any atom is -0.460 e. The normalized spacial score (nSPS) is 11.0. The lowest BCUT2D eigenvalue weighted by molar-refractivity contribution is -0.135. The summed E-state index contributed by atoms with van der Waals surface area (Å²) in [4.78, 5) is 16.6. The second-order valence-electron chi connectivity index (χ2n) is 7.65. The van der Waals surface area contributed by atoms with Crippen LogP contribution in [-0.4, -0.2) is 46.6 Å². The molecule has 0 aliphatic heterocycles. The number of carbonyl (C=O) groups is 1. The van der Waals surface area contributed by atoms with Crippen molar-refractivity contribution < 1.29 is 9.53 Å². The molecule has 0 radical (unpaired) electrons. The van der Waals surface area contributed by atoms with Crippen LogP contribution in [0.3, 0.4) is 0 Å². The van der Waals surface area contributed by atoms with Crippen LogP contribution in [0, 0.1) is 0 Å². The summed E-state index contributed by atoms with van der Waals surface area (Å²) in [5.41, 5.74) is 4.64. The average Bonchev–Trinajstić information content (AvgIpc) is 2.83. The third-order valence-electron chi connectivity index (χ3n) is 5.05. The van der Waals surface area contributed by atoms with Gasteiger partial charge in [0.2, 0.25) is 5.84 Å². The lowest BCUT2D eigenvalue weighted by Crippen LogP contribution is -2.37. The van der Waals surface area contributed by atoms with Crippen LogP contribution in [0.25, 0.3) is 0 Å². The van der Waals surface area contributed by atoms with Gasteiger partial charge in [-0.2, -0.15) is 0 Å². The van der Waals surface area contributed by atoms with Gasteiger partial charge in [0.15, 0.2) is 0 Å². The lowest BCUT2D eigenvalue weighted by atomic mass is 10.2. The molecule has 0 aliphatic carbocycles. The number of carbonyl (C=O) groups excluding carboxylic acids is 1. The van der Waals surface area contributed by atoms with E-state index in [0.717, 1.165) is 28.4 Å². The van der Waals surface area contributed by atoms with Gasteiger partial charge in [-0.3, -0.25) is 5.01 Å². The zero-order valence-electron chi connectivity index (χ0n) is 19.8. The van der Waals surface area contributed by atoms with E-state index in [4.69, 9.17) is 4.74 Å². The van der Waals surface area contributed by atoms with Gasteiger partial charge < -0.3 is 19.9 Å². The third-order valence-corrected chi connectivity index (χ3v) is 5.05. The summed E-state index contributed by atoms with van der Waals surface area (Å²) < 4.78 is 5.31. The van der Waals surface area contributed by atoms with Gasteiger partial charge in [-0.05, 0) is 55.5 Å². The van der Waals surface area contributed by atoms with Crippen LogP contribution < -0.4 is 20.1 Å². The summed E-state index contributed by atoms with van der Waals surface area (Å²) in [5.74, 6) is -0.289. The molecule has 0 amide bonds. The molecule has 3 aromatic rings. The molecular formula is C26H31N5O2. The predicted molar refractivity (Wildman–Crippen MR) is 138 cm³/mol. The highest BCUT2D eigenvalue weighted by Gasteiger charge is 2.23. The number of nitrogens with one attached hydrogen (secondary N) is 1. The maximum absolute atomic E-state index is 12.8. The number of rotatable bonds is 7.